The Balaban J connectivity index is 3.22. The van der Waals surface area contributed by atoms with Crippen LogP contribution in [-0.4, -0.2) is 19.8 Å². The lowest BCUT2D eigenvalue weighted by Gasteiger charge is -2.18. The molecule has 0 saturated carbocycles. The fourth-order valence-electron chi connectivity index (χ4n) is 1.31. The van der Waals surface area contributed by atoms with Crippen molar-refractivity contribution in [3.8, 4) is 0 Å². The van der Waals surface area contributed by atoms with Gasteiger partial charge in [-0.05, 0) is 6.92 Å². The summed E-state index contributed by atoms with van der Waals surface area (Å²) in [6.45, 7) is 4.83. The molecule has 1 rings (SSSR count). The molecule has 0 bridgehead atoms. The van der Waals surface area contributed by atoms with Crippen LogP contribution in [0.1, 0.15) is 23.8 Å². The summed E-state index contributed by atoms with van der Waals surface area (Å²) in [7, 11) is -7.87. The van der Waals surface area contributed by atoms with Gasteiger partial charge in [0.15, 0.2) is 0 Å². The molecule has 1 aromatic rings. The summed E-state index contributed by atoms with van der Waals surface area (Å²) in [6, 6.07) is 0. The molecule has 0 aliphatic heterocycles. The number of anilines is 1. The van der Waals surface area contributed by atoms with E-state index in [4.69, 9.17) is 10.6 Å². The summed E-state index contributed by atoms with van der Waals surface area (Å²) in [6.07, 6.45) is 2.46. The molecule has 0 saturated heterocycles. The van der Waals surface area contributed by atoms with E-state index in [0.29, 0.717) is 5.56 Å². The number of nitrogen functional groups attached to an aromatic ring is 1. The molecule has 1 heterocycles. The van der Waals surface area contributed by atoms with E-state index in [9.17, 15) is 14.0 Å². The second kappa shape index (κ2) is 5.73. The lowest BCUT2D eigenvalue weighted by atomic mass is 10.1. The first kappa shape index (κ1) is 15.0. The molecule has 8 nitrogen and oxygen atoms in total. The zero-order valence-corrected chi connectivity index (χ0v) is 11.4. The van der Waals surface area contributed by atoms with Crippen molar-refractivity contribution in [2.45, 2.75) is 12.6 Å². The molecule has 10 heteroatoms. The number of nitrogens with zero attached hydrogens (tertiary/aromatic N) is 2. The highest BCUT2D eigenvalue weighted by atomic mass is 31.2. The predicted molar refractivity (Wildman–Crippen MR) is 67.1 cm³/mol. The minimum atomic E-state index is -4.33. The van der Waals surface area contributed by atoms with Gasteiger partial charge in [0.05, 0.1) is 5.69 Å². The standard InChI is InChI=1S/C8H13N3O5P2/c1-3-6-7(10-4-11-8(6)9)5(2)18(14,15)16-17(12)13/h3-5,17H,1H2,2H3,(H,12,13)(H,14,15)(H2,9,10,11). The lowest BCUT2D eigenvalue weighted by molar-refractivity contribution is 0.341. The van der Waals surface area contributed by atoms with E-state index in [2.05, 4.69) is 20.9 Å². The van der Waals surface area contributed by atoms with Crippen LogP contribution in [0, 0.1) is 0 Å². The monoisotopic (exact) mass is 293 g/mol. The Kier molecular flexibility index (Phi) is 4.78. The zero-order valence-electron chi connectivity index (χ0n) is 9.48. The van der Waals surface area contributed by atoms with Gasteiger partial charge in [0.25, 0.3) is 0 Å². The van der Waals surface area contributed by atoms with E-state index in [1.165, 1.54) is 13.0 Å². The average molecular weight is 293 g/mol. The Morgan fingerprint density at radius 2 is 2.28 bits per heavy atom. The fourth-order valence-corrected chi connectivity index (χ4v) is 3.35. The number of nitrogens with two attached hydrogens (primary N) is 1. The van der Waals surface area contributed by atoms with Gasteiger partial charge in [-0.1, -0.05) is 12.7 Å². The van der Waals surface area contributed by atoms with Crippen LogP contribution in [0.4, 0.5) is 5.82 Å². The summed E-state index contributed by atoms with van der Waals surface area (Å²) >= 11 is 0. The Morgan fingerprint density at radius 3 is 2.78 bits per heavy atom. The topological polar surface area (TPSA) is 136 Å². The first-order chi connectivity index (χ1) is 8.29. The average Bonchev–Trinajstić information content (AvgIpc) is 2.26. The maximum atomic E-state index is 11.8. The van der Waals surface area contributed by atoms with Crippen molar-refractivity contribution in [2.24, 2.45) is 0 Å². The van der Waals surface area contributed by atoms with Crippen LogP contribution >= 0.6 is 15.9 Å². The van der Waals surface area contributed by atoms with Gasteiger partial charge in [0, 0.05) is 5.56 Å². The van der Waals surface area contributed by atoms with Crippen molar-refractivity contribution in [1.82, 2.24) is 9.97 Å². The molecular formula is C8H13N3O5P2. The largest absolute Gasteiger partial charge is 0.383 e. The minimum absolute atomic E-state index is 0.0958. The van der Waals surface area contributed by atoms with Crippen LogP contribution in [0.5, 0.6) is 0 Å². The highest BCUT2D eigenvalue weighted by Gasteiger charge is 2.34. The summed E-state index contributed by atoms with van der Waals surface area (Å²) in [5, 5.41) is 0. The minimum Gasteiger partial charge on any atom is -0.383 e. The van der Waals surface area contributed by atoms with E-state index < -0.39 is 21.5 Å². The normalized spacial score (nSPS) is 17.7. The van der Waals surface area contributed by atoms with Crippen LogP contribution in [0.3, 0.4) is 0 Å². The smallest absolute Gasteiger partial charge is 0.343 e. The third-order valence-electron chi connectivity index (χ3n) is 2.24. The van der Waals surface area contributed by atoms with Gasteiger partial charge in [-0.15, -0.1) is 0 Å². The van der Waals surface area contributed by atoms with Crippen molar-refractivity contribution < 1.29 is 23.2 Å². The summed E-state index contributed by atoms with van der Waals surface area (Å²) < 4.78 is 26.5. The van der Waals surface area contributed by atoms with Gasteiger partial charge < -0.3 is 15.5 Å². The van der Waals surface area contributed by atoms with Crippen LogP contribution < -0.4 is 5.73 Å². The highest BCUT2D eigenvalue weighted by molar-refractivity contribution is 7.59. The third-order valence-corrected chi connectivity index (χ3v) is 5.14. The SMILES string of the molecule is C=Cc1c(N)ncnc1C(C)P(=O)(O)O[PH](=O)O. The van der Waals surface area contributed by atoms with Crippen molar-refractivity contribution in [3.63, 3.8) is 0 Å². The molecule has 0 radical (unpaired) electrons. The first-order valence-corrected chi connectivity index (χ1v) is 7.68. The number of hydrogen-bond acceptors (Lipinski definition) is 6. The van der Waals surface area contributed by atoms with Gasteiger partial charge in [-0.3, -0.25) is 9.13 Å². The molecule has 3 atom stereocenters. The summed E-state index contributed by atoms with van der Waals surface area (Å²) in [5.74, 6) is 0.0958. The van der Waals surface area contributed by atoms with Crippen molar-refractivity contribution in [3.05, 3.63) is 24.2 Å². The van der Waals surface area contributed by atoms with Gasteiger partial charge in [0.2, 0.25) is 0 Å². The third kappa shape index (κ3) is 3.25. The molecule has 18 heavy (non-hydrogen) atoms. The molecule has 3 unspecified atom stereocenters. The summed E-state index contributed by atoms with van der Waals surface area (Å²) in [5.41, 5.74) is 4.87. The molecule has 0 spiro atoms. The van der Waals surface area contributed by atoms with Crippen LogP contribution in [0.15, 0.2) is 12.9 Å². The molecule has 4 N–H and O–H groups in total. The molecule has 100 valence electrons. The van der Waals surface area contributed by atoms with E-state index in [1.807, 2.05) is 0 Å². The second-order valence-corrected chi connectivity index (χ2v) is 6.52. The second-order valence-electron chi connectivity index (χ2n) is 3.36. The van der Waals surface area contributed by atoms with E-state index >= 15 is 0 Å². The molecule has 1 aromatic heterocycles. The van der Waals surface area contributed by atoms with Crippen LogP contribution in [0.25, 0.3) is 6.08 Å². The molecule has 0 aromatic carbocycles. The molecule has 0 aliphatic carbocycles. The molecule has 0 fully saturated rings. The maximum Gasteiger partial charge on any atom is 0.343 e. The van der Waals surface area contributed by atoms with Gasteiger partial charge >= 0.3 is 15.9 Å². The van der Waals surface area contributed by atoms with E-state index in [1.54, 1.807) is 0 Å². The quantitative estimate of drug-likeness (QED) is 0.692. The predicted octanol–water partition coefficient (Wildman–Crippen LogP) is 1.35. The molecule has 0 amide bonds. The number of aromatic nitrogens is 2. The Hall–Kier alpha value is -1.04. The van der Waals surface area contributed by atoms with Crippen molar-refractivity contribution in [2.75, 3.05) is 5.73 Å². The Bertz CT molecular complexity index is 535. The first-order valence-electron chi connectivity index (χ1n) is 4.77. The van der Waals surface area contributed by atoms with E-state index in [0.717, 1.165) is 6.33 Å². The van der Waals surface area contributed by atoms with Gasteiger partial charge in [-0.25, -0.2) is 14.3 Å². The maximum absolute atomic E-state index is 11.8. The zero-order chi connectivity index (χ0) is 13.9. The van der Waals surface area contributed by atoms with E-state index in [-0.39, 0.29) is 11.5 Å². The molecular weight excluding hydrogens is 280 g/mol. The summed E-state index contributed by atoms with van der Waals surface area (Å²) in [4.78, 5) is 25.7. The van der Waals surface area contributed by atoms with Crippen LogP contribution in [-0.2, 0) is 13.4 Å². The Morgan fingerprint density at radius 1 is 1.67 bits per heavy atom. The highest BCUT2D eigenvalue weighted by Crippen LogP contribution is 2.61. The number of hydrogen-bond donors (Lipinski definition) is 3. The fraction of sp³-hybridized carbons (Fsp3) is 0.250. The van der Waals surface area contributed by atoms with Gasteiger partial charge in [-0.2, -0.15) is 0 Å². The lowest BCUT2D eigenvalue weighted by Crippen LogP contribution is -2.06. The number of rotatable bonds is 5. The molecule has 0 aliphatic rings. The van der Waals surface area contributed by atoms with Crippen LogP contribution in [0.2, 0.25) is 0 Å². The van der Waals surface area contributed by atoms with Gasteiger partial charge in [0.1, 0.15) is 17.8 Å². The van der Waals surface area contributed by atoms with Crippen molar-refractivity contribution in [1.29, 1.82) is 0 Å². The Labute approximate surface area is 104 Å². The van der Waals surface area contributed by atoms with Crippen molar-refractivity contribution >= 4 is 27.7 Å².